The molecule has 45 heavy (non-hydrogen) atoms. The molecule has 0 saturated heterocycles. The van der Waals surface area contributed by atoms with Gasteiger partial charge in [-0.3, -0.25) is 0 Å². The summed E-state index contributed by atoms with van der Waals surface area (Å²) in [5, 5.41) is 10.2. The van der Waals surface area contributed by atoms with Crippen LogP contribution in [0.2, 0.25) is 0 Å². The van der Waals surface area contributed by atoms with E-state index in [4.69, 9.17) is 4.74 Å². The lowest BCUT2D eigenvalue weighted by atomic mass is 9.86. The van der Waals surface area contributed by atoms with E-state index in [1.807, 2.05) is 6.07 Å². The van der Waals surface area contributed by atoms with Gasteiger partial charge in [0.2, 0.25) is 0 Å². The Hall–Kier alpha value is -5.92. The summed E-state index contributed by atoms with van der Waals surface area (Å²) in [4.78, 5) is 0. The topological polar surface area (TPSA) is 9.23 Å². The third-order valence-electron chi connectivity index (χ3n) is 9.59. The fraction of sp³-hybridized carbons (Fsp3) is 0. The number of ether oxygens (including phenoxy) is 1. The zero-order valence-electron chi connectivity index (χ0n) is 24.4. The molecule has 0 amide bonds. The second kappa shape index (κ2) is 9.29. The summed E-state index contributed by atoms with van der Waals surface area (Å²) >= 11 is 0. The van der Waals surface area contributed by atoms with Gasteiger partial charge in [-0.15, -0.1) is 0 Å². The molecule has 10 rings (SSSR count). The molecule has 0 atom stereocenters. The summed E-state index contributed by atoms with van der Waals surface area (Å²) in [7, 11) is 0. The summed E-state index contributed by atoms with van der Waals surface area (Å²) in [6.07, 6.45) is 0. The van der Waals surface area contributed by atoms with E-state index in [2.05, 4.69) is 152 Å². The first kappa shape index (κ1) is 24.5. The molecule has 9 aromatic carbocycles. The van der Waals surface area contributed by atoms with Crippen LogP contribution in [0.5, 0.6) is 11.5 Å². The molecule has 0 N–H and O–H groups in total. The summed E-state index contributed by atoms with van der Waals surface area (Å²) in [6, 6.07) is 57.4. The quantitative estimate of drug-likeness (QED) is 0.192. The molecule has 1 heteroatoms. The zero-order valence-corrected chi connectivity index (χ0v) is 24.4. The lowest BCUT2D eigenvalue weighted by Gasteiger charge is -2.23. The number of fused-ring (bicyclic) bond motifs is 2. The van der Waals surface area contributed by atoms with E-state index < -0.39 is 0 Å². The minimum absolute atomic E-state index is 0.910. The Morgan fingerprint density at radius 1 is 0.289 bits per heavy atom. The Morgan fingerprint density at radius 3 is 1.69 bits per heavy atom. The van der Waals surface area contributed by atoms with Gasteiger partial charge in [-0.1, -0.05) is 127 Å². The normalized spacial score (nSPS) is 12.2. The van der Waals surface area contributed by atoms with Crippen molar-refractivity contribution in [2.75, 3.05) is 0 Å². The van der Waals surface area contributed by atoms with Crippen molar-refractivity contribution in [3.63, 3.8) is 0 Å². The van der Waals surface area contributed by atoms with Gasteiger partial charge >= 0.3 is 0 Å². The van der Waals surface area contributed by atoms with Crippen molar-refractivity contribution < 1.29 is 4.74 Å². The van der Waals surface area contributed by atoms with Crippen molar-refractivity contribution in [2.24, 2.45) is 0 Å². The Bertz CT molecular complexity index is 2600. The molecule has 0 bridgehead atoms. The monoisotopic (exact) mass is 570 g/mol. The molecule has 0 aliphatic carbocycles. The first-order chi connectivity index (χ1) is 22.3. The van der Waals surface area contributed by atoms with Crippen LogP contribution in [0.25, 0.3) is 87.6 Å². The molecular formula is C44H26O. The standard InChI is InChI=1S/C44H26O/c1-2-8-27(9-3-1)31-24-32(34-20-18-30-17-16-28-10-6-11-29-19-21-38(34)43(30)42(28)29)26-33(25-31)35-22-23-39-36-12-4-5-14-40(36)45-41-15-7-13-37(35)44(39)41/h1-26H. The third kappa shape index (κ3) is 3.62. The molecule has 1 aliphatic rings. The maximum absolute atomic E-state index is 6.43. The molecule has 0 aromatic heterocycles. The van der Waals surface area contributed by atoms with Crippen LogP contribution >= 0.6 is 0 Å². The van der Waals surface area contributed by atoms with Gasteiger partial charge in [0.1, 0.15) is 11.5 Å². The average molecular weight is 571 g/mol. The van der Waals surface area contributed by atoms with Gasteiger partial charge in [0.25, 0.3) is 0 Å². The highest BCUT2D eigenvalue weighted by Crippen LogP contribution is 2.49. The zero-order chi connectivity index (χ0) is 29.5. The molecule has 1 heterocycles. The molecule has 9 aromatic rings. The van der Waals surface area contributed by atoms with E-state index >= 15 is 0 Å². The van der Waals surface area contributed by atoms with Crippen LogP contribution in [-0.2, 0) is 0 Å². The van der Waals surface area contributed by atoms with Crippen LogP contribution in [0, 0.1) is 0 Å². The van der Waals surface area contributed by atoms with Crippen molar-refractivity contribution >= 4 is 43.1 Å². The van der Waals surface area contributed by atoms with Crippen molar-refractivity contribution in [3.05, 3.63) is 158 Å². The lowest BCUT2D eigenvalue weighted by molar-refractivity contribution is 0.487. The van der Waals surface area contributed by atoms with Gasteiger partial charge in [-0.05, 0) is 107 Å². The number of para-hydroxylation sites is 1. The van der Waals surface area contributed by atoms with Crippen molar-refractivity contribution in [3.8, 4) is 56.0 Å². The minimum atomic E-state index is 0.910. The second-order valence-electron chi connectivity index (χ2n) is 12.1. The van der Waals surface area contributed by atoms with Gasteiger partial charge < -0.3 is 4.74 Å². The molecule has 0 radical (unpaired) electrons. The van der Waals surface area contributed by atoms with Gasteiger partial charge in [0.05, 0.1) is 0 Å². The van der Waals surface area contributed by atoms with Crippen LogP contribution in [0.3, 0.4) is 0 Å². The highest BCUT2D eigenvalue weighted by Gasteiger charge is 2.22. The Morgan fingerprint density at radius 2 is 0.867 bits per heavy atom. The maximum atomic E-state index is 6.43. The number of hydrogen-bond donors (Lipinski definition) is 0. The fourth-order valence-electron chi connectivity index (χ4n) is 7.55. The summed E-state index contributed by atoms with van der Waals surface area (Å²) in [5.74, 6) is 1.82. The first-order valence-corrected chi connectivity index (χ1v) is 15.5. The van der Waals surface area contributed by atoms with E-state index in [9.17, 15) is 0 Å². The molecular weight excluding hydrogens is 544 g/mol. The van der Waals surface area contributed by atoms with Gasteiger partial charge in [-0.25, -0.2) is 0 Å². The molecule has 1 nitrogen and oxygen atoms in total. The van der Waals surface area contributed by atoms with E-state index in [0.717, 1.165) is 17.1 Å². The second-order valence-corrected chi connectivity index (χ2v) is 12.1. The largest absolute Gasteiger partial charge is 0.456 e. The molecule has 0 unspecified atom stereocenters. The SMILES string of the molecule is c1ccc(-c2cc(-c3ccc4c5c(cccc35)Oc3ccccc3-4)cc(-c3ccc4ccc5cccc6ccc3c4c56)c2)cc1. The minimum Gasteiger partial charge on any atom is -0.456 e. The summed E-state index contributed by atoms with van der Waals surface area (Å²) in [6.45, 7) is 0. The molecule has 0 spiro atoms. The van der Waals surface area contributed by atoms with Crippen LogP contribution < -0.4 is 4.74 Å². The molecule has 208 valence electrons. The van der Waals surface area contributed by atoms with E-state index in [1.165, 1.54) is 82.0 Å². The van der Waals surface area contributed by atoms with Crippen molar-refractivity contribution in [1.29, 1.82) is 0 Å². The van der Waals surface area contributed by atoms with Gasteiger partial charge in [0, 0.05) is 10.9 Å². The lowest BCUT2D eigenvalue weighted by Crippen LogP contribution is -1.97. The van der Waals surface area contributed by atoms with Crippen molar-refractivity contribution in [2.45, 2.75) is 0 Å². The average Bonchev–Trinajstić information content (AvgIpc) is 3.11. The number of benzene rings is 9. The summed E-state index contributed by atoms with van der Waals surface area (Å²) < 4.78 is 6.43. The molecule has 0 saturated carbocycles. The van der Waals surface area contributed by atoms with Crippen LogP contribution in [-0.4, -0.2) is 0 Å². The van der Waals surface area contributed by atoms with Crippen LogP contribution in [0.4, 0.5) is 0 Å². The van der Waals surface area contributed by atoms with Gasteiger partial charge in [-0.2, -0.15) is 0 Å². The molecule has 1 aliphatic heterocycles. The predicted octanol–water partition coefficient (Wildman–Crippen LogP) is 12.5. The fourth-order valence-corrected chi connectivity index (χ4v) is 7.55. The van der Waals surface area contributed by atoms with E-state index in [0.29, 0.717) is 0 Å². The van der Waals surface area contributed by atoms with E-state index in [1.54, 1.807) is 0 Å². The Kier molecular flexibility index (Phi) is 5.06. The maximum Gasteiger partial charge on any atom is 0.135 e. The Labute approximate surface area is 260 Å². The highest BCUT2D eigenvalue weighted by atomic mass is 16.5. The van der Waals surface area contributed by atoms with Crippen LogP contribution in [0.15, 0.2) is 158 Å². The molecule has 0 fully saturated rings. The van der Waals surface area contributed by atoms with Crippen LogP contribution in [0.1, 0.15) is 0 Å². The first-order valence-electron chi connectivity index (χ1n) is 15.5. The smallest absolute Gasteiger partial charge is 0.135 e. The number of rotatable bonds is 3. The number of hydrogen-bond acceptors (Lipinski definition) is 1. The highest BCUT2D eigenvalue weighted by molar-refractivity contribution is 6.25. The van der Waals surface area contributed by atoms with Crippen molar-refractivity contribution in [1.82, 2.24) is 0 Å². The predicted molar refractivity (Wildman–Crippen MR) is 189 cm³/mol. The van der Waals surface area contributed by atoms with Gasteiger partial charge in [0.15, 0.2) is 0 Å². The summed E-state index contributed by atoms with van der Waals surface area (Å²) in [5.41, 5.74) is 9.63. The Balaban J connectivity index is 1.26. The third-order valence-corrected chi connectivity index (χ3v) is 9.59. The van der Waals surface area contributed by atoms with E-state index in [-0.39, 0.29) is 0 Å².